The molecular weight excluding hydrogens is 252 g/mol. The molecule has 1 aliphatic heterocycles. The number of aliphatic hydroxyl groups is 2. The Kier molecular flexibility index (Phi) is 7.67. The van der Waals surface area contributed by atoms with Crippen LogP contribution >= 0.6 is 23.5 Å². The maximum atomic E-state index is 9.96. The molecule has 0 radical (unpaired) electrons. The summed E-state index contributed by atoms with van der Waals surface area (Å²) in [7, 11) is 0. The fourth-order valence-electron chi connectivity index (χ4n) is 1.90. The van der Waals surface area contributed by atoms with E-state index in [9.17, 15) is 5.11 Å². The van der Waals surface area contributed by atoms with Crippen LogP contribution in [0.4, 0.5) is 0 Å². The predicted molar refractivity (Wildman–Crippen MR) is 78.3 cm³/mol. The van der Waals surface area contributed by atoms with Gasteiger partial charge >= 0.3 is 0 Å². The van der Waals surface area contributed by atoms with Crippen molar-refractivity contribution in [3.8, 4) is 0 Å². The highest BCUT2D eigenvalue weighted by Gasteiger charge is 2.17. The minimum atomic E-state index is -0.362. The highest BCUT2D eigenvalue weighted by atomic mass is 32.2. The molecule has 1 saturated heterocycles. The summed E-state index contributed by atoms with van der Waals surface area (Å²) in [5, 5.41) is 19.1. The summed E-state index contributed by atoms with van der Waals surface area (Å²) in [4.78, 5) is 0. The summed E-state index contributed by atoms with van der Waals surface area (Å²) in [5.41, 5.74) is 1.41. The second-order valence-electron chi connectivity index (χ2n) is 4.58. The van der Waals surface area contributed by atoms with E-state index >= 15 is 0 Å². The smallest absolute Gasteiger partial charge is 0.0593 e. The number of aliphatic hydroxyl groups excluding tert-OH is 2. The van der Waals surface area contributed by atoms with Gasteiger partial charge in [0.1, 0.15) is 0 Å². The van der Waals surface area contributed by atoms with Crippen LogP contribution in [0.5, 0.6) is 0 Å². The fourth-order valence-corrected chi connectivity index (χ4v) is 4.56. The van der Waals surface area contributed by atoms with Crippen LogP contribution in [0.1, 0.15) is 39.5 Å². The molecule has 0 saturated carbocycles. The van der Waals surface area contributed by atoms with E-state index in [0.717, 1.165) is 19.3 Å². The number of rotatable bonds is 6. The lowest BCUT2D eigenvalue weighted by molar-refractivity contribution is 0.0591. The van der Waals surface area contributed by atoms with Crippen LogP contribution in [0.25, 0.3) is 0 Å². The van der Waals surface area contributed by atoms with Gasteiger partial charge in [-0.05, 0) is 44.1 Å². The zero-order chi connectivity index (χ0) is 12.7. The van der Waals surface area contributed by atoms with Crippen LogP contribution in [0.3, 0.4) is 0 Å². The Morgan fingerprint density at radius 2 is 2.00 bits per heavy atom. The molecule has 0 aliphatic carbocycles. The average molecular weight is 276 g/mol. The van der Waals surface area contributed by atoms with Crippen molar-refractivity contribution in [1.29, 1.82) is 0 Å². The Labute approximate surface area is 113 Å². The number of hydrogen-bond donors (Lipinski definition) is 2. The summed E-state index contributed by atoms with van der Waals surface area (Å²) in [6.07, 6.45) is 3.51. The highest BCUT2D eigenvalue weighted by Crippen LogP contribution is 2.38. The number of hydrogen-bond acceptors (Lipinski definition) is 4. The molecule has 2 nitrogen and oxygen atoms in total. The summed E-state index contributed by atoms with van der Waals surface area (Å²) in [6.45, 7) is 4.28. The molecule has 0 unspecified atom stereocenters. The first-order valence-corrected chi connectivity index (χ1v) is 8.40. The molecule has 1 rings (SSSR count). The molecule has 2 N–H and O–H groups in total. The number of allylic oxidation sites excluding steroid dienone is 1. The average Bonchev–Trinajstić information content (AvgIpc) is 2.38. The first-order valence-electron chi connectivity index (χ1n) is 6.43. The van der Waals surface area contributed by atoms with Crippen LogP contribution in [0, 0.1) is 5.92 Å². The van der Waals surface area contributed by atoms with Gasteiger partial charge in [0.25, 0.3) is 0 Å². The third-order valence-electron chi connectivity index (χ3n) is 3.22. The topological polar surface area (TPSA) is 40.5 Å². The van der Waals surface area contributed by atoms with Crippen molar-refractivity contribution in [3.05, 3.63) is 9.81 Å². The van der Waals surface area contributed by atoms with E-state index in [4.69, 9.17) is 5.11 Å². The van der Waals surface area contributed by atoms with Gasteiger partial charge in [-0.2, -0.15) is 0 Å². The maximum absolute atomic E-state index is 9.96. The van der Waals surface area contributed by atoms with E-state index in [-0.39, 0.29) is 18.6 Å². The molecule has 4 heteroatoms. The molecule has 1 heterocycles. The molecule has 1 fully saturated rings. The molecule has 0 spiro atoms. The van der Waals surface area contributed by atoms with E-state index < -0.39 is 0 Å². The van der Waals surface area contributed by atoms with Crippen molar-refractivity contribution in [3.63, 3.8) is 0 Å². The standard InChI is InChI=1S/C13H24O2S2/c1-3-11(9-14)12(15)6-5-10(2)13-16-7-4-8-17-13/h11-12,14-15H,3-9H2,1-2H3/t11-,12+/m0/s1. The van der Waals surface area contributed by atoms with Gasteiger partial charge < -0.3 is 10.2 Å². The maximum Gasteiger partial charge on any atom is 0.0593 e. The Balaban J connectivity index is 2.38. The monoisotopic (exact) mass is 276 g/mol. The Morgan fingerprint density at radius 1 is 1.35 bits per heavy atom. The van der Waals surface area contributed by atoms with Gasteiger partial charge in [0.2, 0.25) is 0 Å². The van der Waals surface area contributed by atoms with Gasteiger partial charge in [-0.25, -0.2) is 0 Å². The largest absolute Gasteiger partial charge is 0.396 e. The molecule has 0 bridgehead atoms. The van der Waals surface area contributed by atoms with E-state index in [2.05, 4.69) is 6.92 Å². The third-order valence-corrected chi connectivity index (χ3v) is 6.14. The molecule has 0 aromatic carbocycles. The van der Waals surface area contributed by atoms with Crippen LogP contribution in [-0.4, -0.2) is 34.4 Å². The van der Waals surface area contributed by atoms with Crippen LogP contribution in [-0.2, 0) is 0 Å². The molecular formula is C13H24O2S2. The van der Waals surface area contributed by atoms with Crippen molar-refractivity contribution in [1.82, 2.24) is 0 Å². The lowest BCUT2D eigenvalue weighted by atomic mass is 9.95. The SMILES string of the molecule is CC[C@@H](CO)[C@H](O)CCC(C)=C1SCCCS1. The highest BCUT2D eigenvalue weighted by molar-refractivity contribution is 8.22. The minimum absolute atomic E-state index is 0.0412. The molecule has 1 aliphatic rings. The molecule has 17 heavy (non-hydrogen) atoms. The van der Waals surface area contributed by atoms with Gasteiger partial charge in [0, 0.05) is 16.8 Å². The molecule has 0 aromatic rings. The zero-order valence-electron chi connectivity index (χ0n) is 10.8. The van der Waals surface area contributed by atoms with E-state index in [1.165, 1.54) is 27.7 Å². The van der Waals surface area contributed by atoms with Crippen LogP contribution in [0.15, 0.2) is 9.81 Å². The minimum Gasteiger partial charge on any atom is -0.396 e. The summed E-state index contributed by atoms with van der Waals surface area (Å²) < 4.78 is 1.46. The molecule has 0 aromatic heterocycles. The summed E-state index contributed by atoms with van der Waals surface area (Å²) in [5.74, 6) is 2.51. The zero-order valence-corrected chi connectivity index (χ0v) is 12.4. The fraction of sp³-hybridized carbons (Fsp3) is 0.846. The molecule has 0 amide bonds. The predicted octanol–water partition coefficient (Wildman–Crippen LogP) is 3.25. The van der Waals surface area contributed by atoms with Crippen molar-refractivity contribution in [2.24, 2.45) is 5.92 Å². The van der Waals surface area contributed by atoms with Gasteiger partial charge in [0.05, 0.1) is 6.10 Å². The second kappa shape index (κ2) is 8.46. The first-order chi connectivity index (χ1) is 8.19. The second-order valence-corrected chi connectivity index (χ2v) is 7.04. The summed E-state index contributed by atoms with van der Waals surface area (Å²) in [6, 6.07) is 0. The van der Waals surface area contributed by atoms with E-state index in [1.54, 1.807) is 0 Å². The molecule has 100 valence electrons. The molecule has 2 atom stereocenters. The van der Waals surface area contributed by atoms with Crippen molar-refractivity contribution in [2.75, 3.05) is 18.1 Å². The number of thioether (sulfide) groups is 2. The Morgan fingerprint density at radius 3 is 2.53 bits per heavy atom. The first kappa shape index (κ1) is 15.4. The van der Waals surface area contributed by atoms with Gasteiger partial charge in [0.15, 0.2) is 0 Å². The van der Waals surface area contributed by atoms with Crippen molar-refractivity contribution >= 4 is 23.5 Å². The quantitative estimate of drug-likeness (QED) is 0.781. The van der Waals surface area contributed by atoms with E-state index in [1.807, 2.05) is 30.4 Å². The summed E-state index contributed by atoms with van der Waals surface area (Å²) >= 11 is 3.91. The Hall–Kier alpha value is 0.360. The van der Waals surface area contributed by atoms with Crippen LogP contribution < -0.4 is 0 Å². The lowest BCUT2D eigenvalue weighted by Gasteiger charge is -2.21. The lowest BCUT2D eigenvalue weighted by Crippen LogP contribution is -2.23. The third kappa shape index (κ3) is 5.25. The van der Waals surface area contributed by atoms with Gasteiger partial charge in [-0.15, -0.1) is 23.5 Å². The van der Waals surface area contributed by atoms with Gasteiger partial charge in [-0.1, -0.05) is 12.5 Å². The van der Waals surface area contributed by atoms with E-state index in [0.29, 0.717) is 0 Å². The Bertz CT molecular complexity index is 242. The van der Waals surface area contributed by atoms with Crippen molar-refractivity contribution < 1.29 is 10.2 Å². The van der Waals surface area contributed by atoms with Crippen molar-refractivity contribution in [2.45, 2.75) is 45.6 Å². The van der Waals surface area contributed by atoms with Gasteiger partial charge in [-0.3, -0.25) is 0 Å². The van der Waals surface area contributed by atoms with Crippen LogP contribution in [0.2, 0.25) is 0 Å². The normalized spacial score (nSPS) is 20.1.